The van der Waals surface area contributed by atoms with E-state index in [2.05, 4.69) is 15.3 Å². The number of rotatable bonds is 2. The maximum Gasteiger partial charge on any atom is 0.158 e. The highest BCUT2D eigenvalue weighted by molar-refractivity contribution is 6.32. The molecule has 0 atom stereocenters. The lowest BCUT2D eigenvalue weighted by atomic mass is 10.2. The topological polar surface area (TPSA) is 63.8 Å². The third-order valence-electron chi connectivity index (χ3n) is 2.36. The van der Waals surface area contributed by atoms with Crippen molar-refractivity contribution in [3.63, 3.8) is 0 Å². The highest BCUT2D eigenvalue weighted by atomic mass is 35.5. The second-order valence-electron chi connectivity index (χ2n) is 3.46. The van der Waals surface area contributed by atoms with Crippen molar-refractivity contribution >= 4 is 28.8 Å². The number of anilines is 3. The lowest BCUT2D eigenvalue weighted by molar-refractivity contribution is 0.619. The molecule has 1 aromatic heterocycles. The van der Waals surface area contributed by atoms with E-state index in [1.54, 1.807) is 19.1 Å². The van der Waals surface area contributed by atoms with Crippen LogP contribution in [0.3, 0.4) is 0 Å². The van der Waals surface area contributed by atoms with Crippen molar-refractivity contribution in [2.45, 2.75) is 6.92 Å². The molecule has 0 aliphatic rings. The van der Waals surface area contributed by atoms with Crippen LogP contribution >= 0.6 is 11.6 Å². The largest absolute Gasteiger partial charge is 0.393 e. The molecule has 0 spiro atoms. The second-order valence-corrected chi connectivity index (χ2v) is 3.82. The van der Waals surface area contributed by atoms with Crippen LogP contribution in [-0.2, 0) is 0 Å². The first-order chi connectivity index (χ1) is 8.09. The Bertz CT molecular complexity index is 510. The van der Waals surface area contributed by atoms with Gasteiger partial charge in [-0.1, -0.05) is 17.7 Å². The molecular formula is C11H10ClFN4. The number of nitrogens with one attached hydrogen (secondary N) is 1. The fraction of sp³-hybridized carbons (Fsp3) is 0.0909. The molecule has 17 heavy (non-hydrogen) atoms. The van der Waals surface area contributed by atoms with Gasteiger partial charge in [-0.3, -0.25) is 0 Å². The Hall–Kier alpha value is -1.88. The summed E-state index contributed by atoms with van der Waals surface area (Å²) in [4.78, 5) is 7.69. The Morgan fingerprint density at radius 3 is 2.88 bits per heavy atom. The Kier molecular flexibility index (Phi) is 3.10. The zero-order chi connectivity index (χ0) is 12.4. The summed E-state index contributed by atoms with van der Waals surface area (Å²) in [5, 5.41) is 3.09. The average Bonchev–Trinajstić information content (AvgIpc) is 2.31. The predicted octanol–water partition coefficient (Wildman–Crippen LogP) is 2.90. The van der Waals surface area contributed by atoms with E-state index < -0.39 is 0 Å². The van der Waals surface area contributed by atoms with Crippen molar-refractivity contribution in [1.82, 2.24) is 9.97 Å². The molecule has 0 saturated carbocycles. The molecule has 1 aromatic carbocycles. The normalized spacial score (nSPS) is 10.3. The Balaban J connectivity index is 2.38. The first-order valence-corrected chi connectivity index (χ1v) is 5.25. The molecule has 6 heteroatoms. The summed E-state index contributed by atoms with van der Waals surface area (Å²) in [7, 11) is 0. The Morgan fingerprint density at radius 2 is 2.12 bits per heavy atom. The van der Waals surface area contributed by atoms with Gasteiger partial charge in [-0.15, -0.1) is 0 Å². The molecule has 1 heterocycles. The number of hydrogen-bond acceptors (Lipinski definition) is 4. The van der Waals surface area contributed by atoms with Gasteiger partial charge in [-0.2, -0.15) is 0 Å². The van der Waals surface area contributed by atoms with Gasteiger partial charge in [0.15, 0.2) is 11.0 Å². The van der Waals surface area contributed by atoms with Gasteiger partial charge in [0.05, 0.1) is 0 Å². The molecule has 2 aromatic rings. The van der Waals surface area contributed by atoms with E-state index in [9.17, 15) is 4.39 Å². The van der Waals surface area contributed by atoms with Crippen LogP contribution < -0.4 is 11.1 Å². The van der Waals surface area contributed by atoms with Crippen molar-refractivity contribution < 1.29 is 4.39 Å². The van der Waals surface area contributed by atoms with Crippen LogP contribution in [0.15, 0.2) is 24.5 Å². The van der Waals surface area contributed by atoms with Crippen LogP contribution in [0.2, 0.25) is 5.15 Å². The van der Waals surface area contributed by atoms with E-state index in [4.69, 9.17) is 17.3 Å². The minimum Gasteiger partial charge on any atom is -0.393 e. The molecular weight excluding hydrogens is 243 g/mol. The standard InChI is InChI=1S/C11H10ClFN4/c1-6-7(13)3-2-4-8(6)17-11-9(14)10(12)15-5-16-11/h2-5H,14H2,1H3,(H,15,16,17). The van der Waals surface area contributed by atoms with Gasteiger partial charge in [-0.05, 0) is 19.1 Å². The van der Waals surface area contributed by atoms with E-state index in [0.717, 1.165) is 0 Å². The number of benzene rings is 1. The number of hydrogen-bond donors (Lipinski definition) is 2. The molecule has 0 bridgehead atoms. The first kappa shape index (κ1) is 11.6. The summed E-state index contributed by atoms with van der Waals surface area (Å²) in [6, 6.07) is 4.72. The smallest absolute Gasteiger partial charge is 0.158 e. The second kappa shape index (κ2) is 4.55. The maximum absolute atomic E-state index is 13.3. The molecule has 0 unspecified atom stereocenters. The summed E-state index contributed by atoms with van der Waals surface area (Å²) in [5.74, 6) is 0.0624. The molecule has 4 nitrogen and oxygen atoms in total. The molecule has 0 fully saturated rings. The van der Waals surface area contributed by atoms with E-state index in [0.29, 0.717) is 17.1 Å². The van der Waals surface area contributed by atoms with E-state index >= 15 is 0 Å². The zero-order valence-corrected chi connectivity index (χ0v) is 9.79. The van der Waals surface area contributed by atoms with Gasteiger partial charge in [-0.25, -0.2) is 14.4 Å². The maximum atomic E-state index is 13.3. The van der Waals surface area contributed by atoms with Gasteiger partial charge in [0.2, 0.25) is 0 Å². The third kappa shape index (κ3) is 2.29. The highest BCUT2D eigenvalue weighted by Gasteiger charge is 2.08. The number of halogens is 2. The highest BCUT2D eigenvalue weighted by Crippen LogP contribution is 2.27. The SMILES string of the molecule is Cc1c(F)cccc1Nc1ncnc(Cl)c1N. The zero-order valence-electron chi connectivity index (χ0n) is 9.04. The number of nitrogen functional groups attached to an aromatic ring is 1. The van der Waals surface area contributed by atoms with E-state index in [1.807, 2.05) is 0 Å². The van der Waals surface area contributed by atoms with E-state index in [-0.39, 0.29) is 16.7 Å². The van der Waals surface area contributed by atoms with Crippen molar-refractivity contribution in [2.24, 2.45) is 0 Å². The number of nitrogens with zero attached hydrogens (tertiary/aromatic N) is 2. The minimum absolute atomic E-state index is 0.163. The quantitative estimate of drug-likeness (QED) is 0.807. The van der Waals surface area contributed by atoms with Gasteiger partial charge >= 0.3 is 0 Å². The number of aromatic nitrogens is 2. The van der Waals surface area contributed by atoms with Crippen LogP contribution in [0.25, 0.3) is 0 Å². The average molecular weight is 253 g/mol. The predicted molar refractivity (Wildman–Crippen MR) is 65.9 cm³/mol. The van der Waals surface area contributed by atoms with Crippen molar-refractivity contribution in [3.8, 4) is 0 Å². The van der Waals surface area contributed by atoms with Crippen LogP contribution in [0, 0.1) is 12.7 Å². The van der Waals surface area contributed by atoms with Crippen LogP contribution in [0.4, 0.5) is 21.6 Å². The summed E-state index contributed by atoms with van der Waals surface area (Å²) < 4.78 is 13.3. The molecule has 0 radical (unpaired) electrons. The fourth-order valence-electron chi connectivity index (χ4n) is 1.34. The Morgan fingerprint density at radius 1 is 1.35 bits per heavy atom. The molecule has 88 valence electrons. The van der Waals surface area contributed by atoms with Gasteiger partial charge < -0.3 is 11.1 Å². The van der Waals surface area contributed by atoms with Gasteiger partial charge in [0.1, 0.15) is 17.8 Å². The fourth-order valence-corrected chi connectivity index (χ4v) is 1.48. The van der Waals surface area contributed by atoms with Crippen LogP contribution in [0.5, 0.6) is 0 Å². The van der Waals surface area contributed by atoms with Crippen molar-refractivity contribution in [2.75, 3.05) is 11.1 Å². The summed E-state index contributed by atoms with van der Waals surface area (Å²) in [6.07, 6.45) is 1.29. The van der Waals surface area contributed by atoms with Crippen molar-refractivity contribution in [1.29, 1.82) is 0 Å². The van der Waals surface area contributed by atoms with Crippen molar-refractivity contribution in [3.05, 3.63) is 41.1 Å². The van der Waals surface area contributed by atoms with Gasteiger partial charge in [0, 0.05) is 11.3 Å². The molecule has 0 saturated heterocycles. The lowest BCUT2D eigenvalue weighted by Crippen LogP contribution is -2.02. The summed E-state index contributed by atoms with van der Waals surface area (Å²) >= 11 is 5.76. The molecule has 0 amide bonds. The molecule has 0 aliphatic carbocycles. The minimum atomic E-state index is -0.297. The Labute approximate surface area is 103 Å². The van der Waals surface area contributed by atoms with Crippen LogP contribution in [0.1, 0.15) is 5.56 Å². The third-order valence-corrected chi connectivity index (χ3v) is 2.66. The van der Waals surface area contributed by atoms with Gasteiger partial charge in [0.25, 0.3) is 0 Å². The first-order valence-electron chi connectivity index (χ1n) is 4.87. The number of nitrogens with two attached hydrogens (primary N) is 1. The molecule has 2 rings (SSSR count). The van der Waals surface area contributed by atoms with Crippen LogP contribution in [-0.4, -0.2) is 9.97 Å². The monoisotopic (exact) mass is 252 g/mol. The summed E-state index contributed by atoms with van der Waals surface area (Å²) in [5.41, 5.74) is 7.02. The molecule has 3 N–H and O–H groups in total. The summed E-state index contributed by atoms with van der Waals surface area (Å²) in [6.45, 7) is 1.66. The lowest BCUT2D eigenvalue weighted by Gasteiger charge is -2.11. The molecule has 0 aliphatic heterocycles. The van der Waals surface area contributed by atoms with E-state index in [1.165, 1.54) is 12.4 Å².